The number of carbonyl (C=O) groups is 1. The van der Waals surface area contributed by atoms with E-state index in [9.17, 15) is 26.4 Å². The minimum Gasteiger partial charge on any atom is -0.349 e. The van der Waals surface area contributed by atoms with E-state index in [4.69, 9.17) is 0 Å². The van der Waals surface area contributed by atoms with Gasteiger partial charge in [-0.15, -0.1) is 0 Å². The molecule has 0 saturated carbocycles. The summed E-state index contributed by atoms with van der Waals surface area (Å²) in [5.74, 6) is -0.794. The third kappa shape index (κ3) is 4.11. The fourth-order valence-corrected chi connectivity index (χ4v) is 4.63. The van der Waals surface area contributed by atoms with Crippen LogP contribution in [0, 0.1) is 6.92 Å². The molecule has 4 aromatic rings. The van der Waals surface area contributed by atoms with Crippen molar-refractivity contribution in [1.29, 1.82) is 0 Å². The van der Waals surface area contributed by atoms with Crippen LogP contribution in [-0.2, 0) is 23.1 Å². The fraction of sp³-hybridized carbons (Fsp3) is 0.381. The number of pyridine rings is 1. The third-order valence-electron chi connectivity index (χ3n) is 5.36. The van der Waals surface area contributed by atoms with Gasteiger partial charge >= 0.3 is 6.18 Å². The minimum absolute atomic E-state index is 0.000389. The van der Waals surface area contributed by atoms with Gasteiger partial charge in [0.15, 0.2) is 26.2 Å². The van der Waals surface area contributed by atoms with Crippen LogP contribution in [0.5, 0.6) is 0 Å². The van der Waals surface area contributed by atoms with Crippen LogP contribution < -0.4 is 5.32 Å². The first-order valence-corrected chi connectivity index (χ1v) is 12.2. The van der Waals surface area contributed by atoms with E-state index >= 15 is 0 Å². The van der Waals surface area contributed by atoms with Gasteiger partial charge in [0.25, 0.3) is 5.91 Å². The molecule has 4 heterocycles. The summed E-state index contributed by atoms with van der Waals surface area (Å²) in [6.45, 7) is 6.61. The van der Waals surface area contributed by atoms with Crippen molar-refractivity contribution in [2.75, 3.05) is 5.75 Å². The summed E-state index contributed by atoms with van der Waals surface area (Å²) in [6, 6.07) is 0.637. The number of hydrogen-bond donors (Lipinski definition) is 1. The zero-order valence-electron chi connectivity index (χ0n) is 19.5. The number of carbonyl (C=O) groups excluding carboxylic acids is 1. The van der Waals surface area contributed by atoms with Crippen molar-refractivity contribution in [2.45, 2.75) is 44.9 Å². The maximum absolute atomic E-state index is 13.2. The second kappa shape index (κ2) is 8.29. The number of rotatable bonds is 5. The number of nitrogens with one attached hydrogen (secondary N) is 1. The highest BCUT2D eigenvalue weighted by molar-refractivity contribution is 7.91. The molecule has 0 aliphatic heterocycles. The number of nitrogens with zero attached hydrogens (tertiary/aromatic N) is 6. The number of hydrogen-bond acceptors (Lipinski definition) is 7. The number of amides is 1. The Labute approximate surface area is 198 Å². The average molecular weight is 510 g/mol. The number of sulfone groups is 1. The summed E-state index contributed by atoms with van der Waals surface area (Å²) in [7, 11) is -2.46. The van der Waals surface area contributed by atoms with Crippen molar-refractivity contribution in [1.82, 2.24) is 34.4 Å². The van der Waals surface area contributed by atoms with Crippen LogP contribution in [0.25, 0.3) is 28.2 Å². The summed E-state index contributed by atoms with van der Waals surface area (Å²) >= 11 is 0. The number of aromatic nitrogens is 6. The molecule has 186 valence electrons. The normalized spacial score (nSPS) is 12.7. The van der Waals surface area contributed by atoms with Crippen LogP contribution in [0.3, 0.4) is 0 Å². The van der Waals surface area contributed by atoms with Gasteiger partial charge in [-0.25, -0.2) is 27.9 Å². The summed E-state index contributed by atoms with van der Waals surface area (Å²) in [5, 5.41) is 6.61. The van der Waals surface area contributed by atoms with E-state index in [1.165, 1.54) is 24.7 Å². The average Bonchev–Trinajstić information content (AvgIpc) is 3.30. The Morgan fingerprint density at radius 3 is 2.43 bits per heavy atom. The molecule has 1 N–H and O–H groups in total. The van der Waals surface area contributed by atoms with Crippen LogP contribution in [0.4, 0.5) is 13.2 Å². The van der Waals surface area contributed by atoms with Crippen molar-refractivity contribution < 1.29 is 26.4 Å². The first kappa shape index (κ1) is 24.6. The lowest BCUT2D eigenvalue weighted by Crippen LogP contribution is -2.32. The van der Waals surface area contributed by atoms with E-state index in [1.807, 2.05) is 0 Å². The summed E-state index contributed by atoms with van der Waals surface area (Å²) in [6.07, 6.45) is -2.54. The van der Waals surface area contributed by atoms with Crippen LogP contribution in [0.2, 0.25) is 0 Å². The second-order valence-electron chi connectivity index (χ2n) is 8.30. The van der Waals surface area contributed by atoms with Crippen LogP contribution in [0.1, 0.15) is 42.4 Å². The highest BCUT2D eigenvalue weighted by Crippen LogP contribution is 2.35. The third-order valence-corrected chi connectivity index (χ3v) is 7.00. The maximum Gasteiger partial charge on any atom is 0.417 e. The molecule has 0 fully saturated rings. The van der Waals surface area contributed by atoms with Gasteiger partial charge in [-0.05, 0) is 32.4 Å². The fourth-order valence-electron chi connectivity index (χ4n) is 3.66. The number of aryl methyl sites for hydroxylation is 2. The molecular formula is C21H22F3N7O3S. The van der Waals surface area contributed by atoms with E-state index in [-0.39, 0.29) is 50.7 Å². The largest absolute Gasteiger partial charge is 0.417 e. The molecule has 1 amide bonds. The topological polar surface area (TPSA) is 124 Å². The highest BCUT2D eigenvalue weighted by atomic mass is 32.2. The maximum atomic E-state index is 13.2. The van der Waals surface area contributed by atoms with Gasteiger partial charge in [0, 0.05) is 25.5 Å². The monoisotopic (exact) mass is 509 g/mol. The van der Waals surface area contributed by atoms with Gasteiger partial charge < -0.3 is 9.88 Å². The van der Waals surface area contributed by atoms with Crippen LogP contribution >= 0.6 is 0 Å². The first-order valence-electron chi connectivity index (χ1n) is 10.6. The molecule has 0 saturated heterocycles. The van der Waals surface area contributed by atoms with Crippen molar-refractivity contribution >= 4 is 32.6 Å². The van der Waals surface area contributed by atoms with Crippen molar-refractivity contribution in [2.24, 2.45) is 7.05 Å². The van der Waals surface area contributed by atoms with Gasteiger partial charge in [0.1, 0.15) is 22.6 Å². The summed E-state index contributed by atoms with van der Waals surface area (Å²) < 4.78 is 68.2. The Bertz CT molecular complexity index is 1590. The van der Waals surface area contributed by atoms with Crippen molar-refractivity contribution in [3.8, 4) is 11.4 Å². The van der Waals surface area contributed by atoms with Crippen molar-refractivity contribution in [3.63, 3.8) is 0 Å². The molecule has 0 unspecified atom stereocenters. The van der Waals surface area contributed by atoms with E-state index in [2.05, 4.69) is 25.4 Å². The number of fused-ring (bicyclic) bond motifs is 2. The van der Waals surface area contributed by atoms with Gasteiger partial charge in [0.2, 0.25) is 0 Å². The quantitative estimate of drug-likeness (QED) is 0.439. The summed E-state index contributed by atoms with van der Waals surface area (Å²) in [4.78, 5) is 25.4. The Kier molecular flexibility index (Phi) is 5.82. The molecule has 0 aliphatic carbocycles. The molecule has 35 heavy (non-hydrogen) atoms. The van der Waals surface area contributed by atoms with Gasteiger partial charge in [-0.3, -0.25) is 4.79 Å². The second-order valence-corrected chi connectivity index (χ2v) is 10.5. The van der Waals surface area contributed by atoms with Gasteiger partial charge in [-0.1, -0.05) is 6.92 Å². The Hall–Kier alpha value is -3.55. The number of imidazole rings is 1. The molecule has 0 radical (unpaired) electrons. The van der Waals surface area contributed by atoms with Crippen LogP contribution in [-0.4, -0.2) is 55.3 Å². The number of alkyl halides is 3. The van der Waals surface area contributed by atoms with Gasteiger partial charge in [0.05, 0.1) is 11.3 Å². The zero-order valence-corrected chi connectivity index (χ0v) is 20.3. The summed E-state index contributed by atoms with van der Waals surface area (Å²) in [5.41, 5.74) is -0.438. The molecule has 0 aliphatic rings. The predicted molar refractivity (Wildman–Crippen MR) is 121 cm³/mol. The van der Waals surface area contributed by atoms with E-state index < -0.39 is 27.5 Å². The molecule has 4 aromatic heterocycles. The Morgan fingerprint density at radius 2 is 1.83 bits per heavy atom. The smallest absolute Gasteiger partial charge is 0.349 e. The lowest BCUT2D eigenvalue weighted by atomic mass is 10.2. The SMILES string of the molecule is CCS(=O)(=O)c1nn2c(C(=O)NC(C)C)c(C)cnc2c1-c1nc2cc(C(F)(F)F)cnc2n1C. The lowest BCUT2D eigenvalue weighted by molar-refractivity contribution is -0.137. The highest BCUT2D eigenvalue weighted by Gasteiger charge is 2.34. The zero-order chi connectivity index (χ0) is 25.9. The van der Waals surface area contributed by atoms with Gasteiger partial charge in [-0.2, -0.15) is 18.3 Å². The van der Waals surface area contributed by atoms with Crippen molar-refractivity contribution in [3.05, 3.63) is 35.3 Å². The molecule has 14 heteroatoms. The first-order chi connectivity index (χ1) is 16.3. The van der Waals surface area contributed by atoms with Crippen LogP contribution in [0.15, 0.2) is 23.5 Å². The molecule has 0 aromatic carbocycles. The molecule has 4 rings (SSSR count). The molecular weight excluding hydrogens is 487 g/mol. The molecule has 0 spiro atoms. The number of halogens is 3. The predicted octanol–water partition coefficient (Wildman–Crippen LogP) is 2.94. The standard InChI is InChI=1S/C21H22F3N7O3S/c1-6-35(33,34)20-14(17-25-8-11(4)15(31(17)29-20)19(32)27-10(2)3)18-28-13-7-12(21(22,23)24)9-26-16(13)30(18)5/h7-10H,6H2,1-5H3,(H,27,32). The molecule has 10 nitrogen and oxygen atoms in total. The molecule has 0 atom stereocenters. The Morgan fingerprint density at radius 1 is 1.17 bits per heavy atom. The Balaban J connectivity index is 2.09. The molecule has 0 bridgehead atoms. The van der Waals surface area contributed by atoms with E-state index in [1.54, 1.807) is 20.8 Å². The van der Waals surface area contributed by atoms with E-state index in [0.29, 0.717) is 11.8 Å². The minimum atomic E-state index is -4.63. The van der Waals surface area contributed by atoms with E-state index in [0.717, 1.165) is 10.6 Å². The lowest BCUT2D eigenvalue weighted by Gasteiger charge is -2.11.